The molecule has 4 rings (SSSR count). The van der Waals surface area contributed by atoms with E-state index in [4.69, 9.17) is 16.3 Å². The third kappa shape index (κ3) is 4.84. The third-order valence-corrected chi connectivity index (χ3v) is 5.88. The number of para-hydroxylation sites is 1. The summed E-state index contributed by atoms with van der Waals surface area (Å²) in [6.07, 6.45) is 5.83. The van der Waals surface area contributed by atoms with Crippen molar-refractivity contribution >= 4 is 17.5 Å². The van der Waals surface area contributed by atoms with E-state index in [0.29, 0.717) is 30.3 Å². The summed E-state index contributed by atoms with van der Waals surface area (Å²) in [4.78, 5) is 18.7. The number of halogens is 1. The van der Waals surface area contributed by atoms with E-state index < -0.39 is 0 Å². The number of ether oxygens (including phenoxy) is 1. The molecule has 1 saturated heterocycles. The van der Waals surface area contributed by atoms with Gasteiger partial charge in [-0.1, -0.05) is 23.7 Å². The summed E-state index contributed by atoms with van der Waals surface area (Å²) in [6.45, 7) is 4.65. The lowest BCUT2D eigenvalue weighted by atomic mass is 10.0. The van der Waals surface area contributed by atoms with Crippen molar-refractivity contribution in [3.8, 4) is 5.75 Å². The highest BCUT2D eigenvalue weighted by Crippen LogP contribution is 2.27. The summed E-state index contributed by atoms with van der Waals surface area (Å²) in [6, 6.07) is 9.54. The molecule has 1 N–H and O–H groups in total. The van der Waals surface area contributed by atoms with Crippen LogP contribution in [-0.4, -0.2) is 50.3 Å². The highest BCUT2D eigenvalue weighted by atomic mass is 35.5. The van der Waals surface area contributed by atoms with Gasteiger partial charge in [0.25, 0.3) is 0 Å². The Bertz CT molecular complexity index is 999. The van der Waals surface area contributed by atoms with Crippen LogP contribution in [0, 0.1) is 6.92 Å². The zero-order valence-corrected chi connectivity index (χ0v) is 17.8. The summed E-state index contributed by atoms with van der Waals surface area (Å²) in [5.41, 5.74) is 2.04. The summed E-state index contributed by atoms with van der Waals surface area (Å²) in [7, 11) is 0. The Morgan fingerprint density at radius 1 is 1.37 bits per heavy atom. The number of aromatic amines is 1. The fourth-order valence-corrected chi connectivity index (χ4v) is 3.98. The lowest BCUT2D eigenvalue weighted by molar-refractivity contribution is -0.130. The quantitative estimate of drug-likeness (QED) is 0.596. The molecule has 0 saturated carbocycles. The van der Waals surface area contributed by atoms with E-state index in [2.05, 4.69) is 21.2 Å². The Hall–Kier alpha value is -2.80. The topological polar surface area (TPSA) is 76.0 Å². The van der Waals surface area contributed by atoms with E-state index in [1.165, 1.54) is 0 Å². The molecule has 3 aromatic rings. The predicted octanol–water partition coefficient (Wildman–Crippen LogP) is 3.60. The highest BCUT2D eigenvalue weighted by Gasteiger charge is 2.28. The van der Waals surface area contributed by atoms with Crippen LogP contribution in [0.4, 0.5) is 0 Å². The predicted molar refractivity (Wildman–Crippen MR) is 115 cm³/mol. The maximum atomic E-state index is 12.6. The van der Waals surface area contributed by atoms with Gasteiger partial charge >= 0.3 is 0 Å². The average Bonchev–Trinajstić information content (AvgIpc) is 3.48. The van der Waals surface area contributed by atoms with Crippen LogP contribution in [0.3, 0.4) is 0 Å². The number of hydrogen-bond acceptors (Lipinski definition) is 4. The van der Waals surface area contributed by atoms with Gasteiger partial charge in [0.15, 0.2) is 0 Å². The fraction of sp³-hybridized carbons (Fsp3) is 0.409. The number of nitrogens with zero attached hydrogens (tertiary/aromatic N) is 4. The largest absolute Gasteiger partial charge is 0.492 e. The number of aromatic nitrogens is 4. The first-order chi connectivity index (χ1) is 14.6. The molecule has 3 heterocycles. The summed E-state index contributed by atoms with van der Waals surface area (Å²) >= 11 is 6.11. The zero-order valence-electron chi connectivity index (χ0n) is 17.1. The van der Waals surface area contributed by atoms with E-state index >= 15 is 0 Å². The van der Waals surface area contributed by atoms with Crippen molar-refractivity contribution < 1.29 is 9.53 Å². The van der Waals surface area contributed by atoms with Gasteiger partial charge < -0.3 is 14.2 Å². The molecule has 2 aromatic heterocycles. The van der Waals surface area contributed by atoms with Crippen molar-refractivity contribution in [2.75, 3.05) is 19.7 Å². The smallest absolute Gasteiger partial charge is 0.224 e. The first-order valence-electron chi connectivity index (χ1n) is 10.3. The molecule has 1 fully saturated rings. The van der Waals surface area contributed by atoms with Crippen LogP contribution in [0.5, 0.6) is 5.75 Å². The minimum Gasteiger partial charge on any atom is -0.492 e. The van der Waals surface area contributed by atoms with E-state index in [1.807, 2.05) is 46.9 Å². The van der Waals surface area contributed by atoms with Crippen molar-refractivity contribution in [2.24, 2.45) is 0 Å². The maximum Gasteiger partial charge on any atom is 0.224 e. The minimum atomic E-state index is 0.189. The Labute approximate surface area is 181 Å². The van der Waals surface area contributed by atoms with Gasteiger partial charge in [0.1, 0.15) is 11.6 Å². The number of imidazole rings is 1. The average molecular weight is 428 g/mol. The minimum absolute atomic E-state index is 0.189. The first-order valence-corrected chi connectivity index (χ1v) is 10.6. The molecule has 0 spiro atoms. The number of rotatable bonds is 8. The number of aryl methyl sites for hydroxylation is 2. The molecule has 7 nitrogen and oxygen atoms in total. The van der Waals surface area contributed by atoms with Gasteiger partial charge in [0.05, 0.1) is 17.3 Å². The molecule has 1 aliphatic rings. The standard InChI is InChI=1S/C22H26ClN5O2/c1-16-24-9-12-27(16)11-7-22(29)28-10-6-17(15-28)20-14-18(25-26-20)8-13-30-21-5-3-2-4-19(21)23/h2-5,9,12,14,17H,6-8,10-11,13,15H2,1H3,(H,25,26)/t17-/m0/s1. The van der Waals surface area contributed by atoms with Crippen molar-refractivity contribution in [3.63, 3.8) is 0 Å². The molecular weight excluding hydrogens is 402 g/mol. The van der Waals surface area contributed by atoms with Gasteiger partial charge in [-0.05, 0) is 31.5 Å². The Balaban J connectivity index is 1.24. The molecule has 0 radical (unpaired) electrons. The summed E-state index contributed by atoms with van der Waals surface area (Å²) < 4.78 is 7.76. The van der Waals surface area contributed by atoms with Crippen molar-refractivity contribution in [3.05, 3.63) is 65.0 Å². The Morgan fingerprint density at radius 3 is 3.03 bits per heavy atom. The SMILES string of the molecule is Cc1nccn1CCC(=O)N1CC[C@H](c2cc(CCOc3ccccc3Cl)[nH]n2)C1. The molecule has 1 atom stereocenters. The number of benzene rings is 1. The van der Waals surface area contributed by atoms with E-state index in [1.54, 1.807) is 6.20 Å². The first kappa shape index (κ1) is 20.5. The van der Waals surface area contributed by atoms with Crippen LogP contribution in [0.2, 0.25) is 5.02 Å². The summed E-state index contributed by atoms with van der Waals surface area (Å²) in [5.74, 6) is 2.09. The highest BCUT2D eigenvalue weighted by molar-refractivity contribution is 6.32. The Kier molecular flexibility index (Phi) is 6.38. The second kappa shape index (κ2) is 9.34. The van der Waals surface area contributed by atoms with Crippen LogP contribution < -0.4 is 4.74 Å². The van der Waals surface area contributed by atoms with Crippen LogP contribution >= 0.6 is 11.6 Å². The monoisotopic (exact) mass is 427 g/mol. The Morgan fingerprint density at radius 2 is 2.23 bits per heavy atom. The van der Waals surface area contributed by atoms with Gasteiger partial charge in [-0.2, -0.15) is 5.10 Å². The van der Waals surface area contributed by atoms with Gasteiger partial charge in [-0.3, -0.25) is 9.89 Å². The van der Waals surface area contributed by atoms with Crippen molar-refractivity contribution in [1.82, 2.24) is 24.6 Å². The van der Waals surface area contributed by atoms with E-state index in [9.17, 15) is 4.79 Å². The summed E-state index contributed by atoms with van der Waals surface area (Å²) in [5, 5.41) is 8.19. The van der Waals surface area contributed by atoms with Crippen molar-refractivity contribution in [2.45, 2.75) is 38.6 Å². The molecule has 1 aromatic carbocycles. The number of carbonyl (C=O) groups is 1. The van der Waals surface area contributed by atoms with Gasteiger partial charge in [-0.15, -0.1) is 0 Å². The molecule has 158 valence electrons. The normalized spacial score (nSPS) is 16.2. The van der Waals surface area contributed by atoms with E-state index in [0.717, 1.165) is 43.1 Å². The molecule has 0 bridgehead atoms. The fourth-order valence-electron chi connectivity index (χ4n) is 3.79. The van der Waals surface area contributed by atoms with Gasteiger partial charge in [0.2, 0.25) is 5.91 Å². The van der Waals surface area contributed by atoms with Gasteiger partial charge in [0, 0.05) is 56.5 Å². The van der Waals surface area contributed by atoms with Crippen molar-refractivity contribution in [1.29, 1.82) is 0 Å². The molecule has 0 aliphatic carbocycles. The number of H-pyrrole nitrogens is 1. The lowest BCUT2D eigenvalue weighted by Gasteiger charge is -2.16. The number of nitrogens with one attached hydrogen (secondary N) is 1. The van der Waals surface area contributed by atoms with Crippen LogP contribution in [-0.2, 0) is 17.8 Å². The molecule has 0 unspecified atom stereocenters. The third-order valence-electron chi connectivity index (χ3n) is 5.57. The maximum absolute atomic E-state index is 12.6. The van der Waals surface area contributed by atoms with Crippen LogP contribution in [0.25, 0.3) is 0 Å². The molecular formula is C22H26ClN5O2. The molecule has 1 aliphatic heterocycles. The number of likely N-dealkylation sites (tertiary alicyclic amines) is 1. The number of hydrogen-bond donors (Lipinski definition) is 1. The molecule has 8 heteroatoms. The van der Waals surface area contributed by atoms with Crippen LogP contribution in [0.15, 0.2) is 42.7 Å². The van der Waals surface area contributed by atoms with E-state index in [-0.39, 0.29) is 11.8 Å². The number of carbonyl (C=O) groups excluding carboxylic acids is 1. The second-order valence-electron chi connectivity index (χ2n) is 7.59. The molecule has 1 amide bonds. The van der Waals surface area contributed by atoms with Gasteiger partial charge in [-0.25, -0.2) is 4.98 Å². The van der Waals surface area contributed by atoms with Crippen LogP contribution in [0.1, 0.15) is 36.0 Å². The zero-order chi connectivity index (χ0) is 20.9. The second-order valence-corrected chi connectivity index (χ2v) is 8.00. The molecule has 30 heavy (non-hydrogen) atoms. The number of amides is 1. The lowest BCUT2D eigenvalue weighted by Crippen LogP contribution is -2.29.